The number of likely N-dealkylation sites (N-methyl/N-ethyl adjacent to an activating group) is 1. The van der Waals surface area contributed by atoms with E-state index in [0.29, 0.717) is 6.42 Å². The zero-order chi connectivity index (χ0) is 15.0. The highest BCUT2D eigenvalue weighted by Gasteiger charge is 2.24. The topological polar surface area (TPSA) is 20.3 Å². The molecule has 21 heavy (non-hydrogen) atoms. The van der Waals surface area contributed by atoms with Gasteiger partial charge in [0.1, 0.15) is 0 Å². The maximum Gasteiger partial charge on any atom is 0.231 e. The van der Waals surface area contributed by atoms with Gasteiger partial charge in [0, 0.05) is 12.7 Å². The summed E-state index contributed by atoms with van der Waals surface area (Å²) in [6.45, 7) is 2.11. The molecule has 1 aliphatic rings. The van der Waals surface area contributed by atoms with Gasteiger partial charge in [-0.05, 0) is 41.7 Å². The summed E-state index contributed by atoms with van der Waals surface area (Å²) in [5.41, 5.74) is 5.70. The van der Waals surface area contributed by atoms with Gasteiger partial charge < -0.3 is 4.90 Å². The summed E-state index contributed by atoms with van der Waals surface area (Å²) in [7, 11) is 1.82. The second kappa shape index (κ2) is 5.53. The molecule has 2 aromatic carbocycles. The van der Waals surface area contributed by atoms with Crippen molar-refractivity contribution in [1.29, 1.82) is 0 Å². The highest BCUT2D eigenvalue weighted by Crippen LogP contribution is 2.33. The second-order valence-electron chi connectivity index (χ2n) is 5.62. The number of carbonyl (C=O) groups excluding carboxylic acids is 1. The Balaban J connectivity index is 1.84. The average molecular weight is 300 g/mol. The Morgan fingerprint density at radius 1 is 1.24 bits per heavy atom. The van der Waals surface area contributed by atoms with Crippen LogP contribution in [-0.4, -0.2) is 13.0 Å². The van der Waals surface area contributed by atoms with Crippen molar-refractivity contribution < 1.29 is 4.79 Å². The van der Waals surface area contributed by atoms with Gasteiger partial charge in [0.15, 0.2) is 0 Å². The van der Waals surface area contributed by atoms with Crippen molar-refractivity contribution in [3.05, 3.63) is 64.7 Å². The summed E-state index contributed by atoms with van der Waals surface area (Å²) in [4.78, 5) is 13.5. The van der Waals surface area contributed by atoms with E-state index in [4.69, 9.17) is 11.6 Å². The summed E-state index contributed by atoms with van der Waals surface area (Å²) >= 11 is 6.59. The molecule has 2 nitrogen and oxygen atoms in total. The largest absolute Gasteiger partial charge is 0.315 e. The lowest BCUT2D eigenvalue weighted by atomic mass is 9.98. The number of anilines is 1. The minimum absolute atomic E-state index is 0.0718. The number of halogens is 1. The van der Waals surface area contributed by atoms with Crippen LogP contribution in [0.15, 0.2) is 42.5 Å². The zero-order valence-electron chi connectivity index (χ0n) is 12.3. The Labute approximate surface area is 130 Å². The molecular weight excluding hydrogens is 282 g/mol. The van der Waals surface area contributed by atoms with E-state index in [1.54, 1.807) is 4.90 Å². The van der Waals surface area contributed by atoms with Crippen molar-refractivity contribution in [2.75, 3.05) is 11.9 Å². The number of rotatable bonds is 3. The Hall–Kier alpha value is -1.80. The van der Waals surface area contributed by atoms with Crippen LogP contribution in [0.4, 0.5) is 5.69 Å². The predicted molar refractivity (Wildman–Crippen MR) is 87.0 cm³/mol. The predicted octanol–water partition coefficient (Wildman–Crippen LogP) is 4.04. The van der Waals surface area contributed by atoms with Crippen molar-refractivity contribution in [2.45, 2.75) is 25.1 Å². The summed E-state index contributed by atoms with van der Waals surface area (Å²) in [6, 6.07) is 14.4. The molecule has 0 fully saturated rings. The lowest BCUT2D eigenvalue weighted by molar-refractivity contribution is -0.117. The number of benzene rings is 2. The molecule has 0 saturated carbocycles. The van der Waals surface area contributed by atoms with Crippen LogP contribution in [0.2, 0.25) is 0 Å². The van der Waals surface area contributed by atoms with Gasteiger partial charge in [-0.15, -0.1) is 11.6 Å². The molecule has 1 unspecified atom stereocenters. The molecule has 0 bridgehead atoms. The van der Waals surface area contributed by atoms with E-state index in [-0.39, 0.29) is 11.3 Å². The Morgan fingerprint density at radius 2 is 2.00 bits per heavy atom. The molecule has 0 spiro atoms. The molecule has 1 heterocycles. The van der Waals surface area contributed by atoms with Crippen LogP contribution < -0.4 is 4.90 Å². The Kier molecular flexibility index (Phi) is 3.73. The molecule has 1 amide bonds. The first-order valence-electron chi connectivity index (χ1n) is 7.14. The average Bonchev–Trinajstić information content (AvgIpc) is 2.76. The van der Waals surface area contributed by atoms with Gasteiger partial charge in [-0.1, -0.05) is 36.4 Å². The minimum Gasteiger partial charge on any atom is -0.315 e. The van der Waals surface area contributed by atoms with E-state index >= 15 is 0 Å². The molecule has 0 radical (unpaired) electrons. The first-order chi connectivity index (χ1) is 10.1. The van der Waals surface area contributed by atoms with Crippen LogP contribution in [0.1, 0.15) is 27.6 Å². The molecular formula is C18H18ClNO. The van der Waals surface area contributed by atoms with Crippen molar-refractivity contribution in [1.82, 2.24) is 0 Å². The van der Waals surface area contributed by atoms with E-state index in [9.17, 15) is 4.79 Å². The number of amides is 1. The molecule has 108 valence electrons. The Bertz CT molecular complexity index is 695. The number of fused-ring (bicyclic) bond motifs is 1. The quantitative estimate of drug-likeness (QED) is 0.783. The standard InChI is InChI=1S/C18H18ClNO/c1-12-5-3-4-6-13(12)10-16(19)14-7-8-17-15(9-14)11-18(21)20(17)2/h3-9,16H,10-11H2,1-2H3. The van der Waals surface area contributed by atoms with E-state index in [2.05, 4.69) is 25.1 Å². The number of nitrogens with zero attached hydrogens (tertiary/aromatic N) is 1. The normalized spacial score (nSPS) is 15.2. The third kappa shape index (κ3) is 2.68. The molecule has 0 N–H and O–H groups in total. The lowest BCUT2D eigenvalue weighted by Gasteiger charge is -2.14. The lowest BCUT2D eigenvalue weighted by Crippen LogP contribution is -2.20. The molecule has 1 atom stereocenters. The van der Waals surface area contributed by atoms with Gasteiger partial charge in [0.05, 0.1) is 11.8 Å². The highest BCUT2D eigenvalue weighted by molar-refractivity contribution is 6.21. The number of hydrogen-bond acceptors (Lipinski definition) is 1. The molecule has 2 aromatic rings. The summed E-state index contributed by atoms with van der Waals surface area (Å²) in [5, 5.41) is -0.0718. The van der Waals surface area contributed by atoms with Gasteiger partial charge in [0.25, 0.3) is 0 Å². The minimum atomic E-state index is -0.0718. The van der Waals surface area contributed by atoms with E-state index in [1.165, 1.54) is 11.1 Å². The summed E-state index contributed by atoms with van der Waals surface area (Å²) in [6.07, 6.45) is 1.28. The fraction of sp³-hybridized carbons (Fsp3) is 0.278. The van der Waals surface area contributed by atoms with Crippen molar-refractivity contribution >= 4 is 23.2 Å². The van der Waals surface area contributed by atoms with Crippen LogP contribution in [-0.2, 0) is 17.6 Å². The van der Waals surface area contributed by atoms with Crippen LogP contribution in [0.3, 0.4) is 0 Å². The number of alkyl halides is 1. The van der Waals surface area contributed by atoms with Gasteiger partial charge in [0.2, 0.25) is 5.91 Å². The van der Waals surface area contributed by atoms with Crippen LogP contribution in [0.5, 0.6) is 0 Å². The molecule has 1 aliphatic heterocycles. The molecule has 0 aliphatic carbocycles. The highest BCUT2D eigenvalue weighted by atomic mass is 35.5. The number of aryl methyl sites for hydroxylation is 1. The first kappa shape index (κ1) is 14.2. The molecule has 0 aromatic heterocycles. The van der Waals surface area contributed by atoms with Crippen molar-refractivity contribution in [3.8, 4) is 0 Å². The SMILES string of the molecule is Cc1ccccc1CC(Cl)c1ccc2c(c1)CC(=O)N2C. The van der Waals surface area contributed by atoms with Crippen LogP contribution in [0, 0.1) is 6.92 Å². The van der Waals surface area contributed by atoms with Crippen LogP contribution in [0.25, 0.3) is 0 Å². The van der Waals surface area contributed by atoms with Gasteiger partial charge >= 0.3 is 0 Å². The first-order valence-corrected chi connectivity index (χ1v) is 7.58. The third-order valence-electron chi connectivity index (χ3n) is 4.20. The van der Waals surface area contributed by atoms with Gasteiger partial charge in [-0.25, -0.2) is 0 Å². The molecule has 3 heteroatoms. The smallest absolute Gasteiger partial charge is 0.231 e. The molecule has 3 rings (SSSR count). The summed E-state index contributed by atoms with van der Waals surface area (Å²) in [5.74, 6) is 0.146. The number of hydrogen-bond donors (Lipinski definition) is 0. The monoisotopic (exact) mass is 299 g/mol. The van der Waals surface area contributed by atoms with E-state index in [0.717, 1.165) is 23.2 Å². The number of carbonyl (C=O) groups is 1. The zero-order valence-corrected chi connectivity index (χ0v) is 13.0. The van der Waals surface area contributed by atoms with Gasteiger partial charge in [-0.2, -0.15) is 0 Å². The fourth-order valence-electron chi connectivity index (χ4n) is 2.83. The van der Waals surface area contributed by atoms with Gasteiger partial charge in [-0.3, -0.25) is 4.79 Å². The van der Waals surface area contributed by atoms with Crippen molar-refractivity contribution in [3.63, 3.8) is 0 Å². The maximum atomic E-state index is 11.7. The third-order valence-corrected chi connectivity index (χ3v) is 4.61. The van der Waals surface area contributed by atoms with Crippen molar-refractivity contribution in [2.24, 2.45) is 0 Å². The Morgan fingerprint density at radius 3 is 2.76 bits per heavy atom. The van der Waals surface area contributed by atoms with Crippen LogP contribution >= 0.6 is 11.6 Å². The van der Waals surface area contributed by atoms with E-state index < -0.39 is 0 Å². The van der Waals surface area contributed by atoms with E-state index in [1.807, 2.05) is 31.3 Å². The molecule has 0 saturated heterocycles. The fourth-order valence-corrected chi connectivity index (χ4v) is 3.14. The maximum absolute atomic E-state index is 11.7. The summed E-state index contributed by atoms with van der Waals surface area (Å²) < 4.78 is 0. The second-order valence-corrected chi connectivity index (χ2v) is 6.14.